The monoisotopic (exact) mass is 510 g/mol. The summed E-state index contributed by atoms with van der Waals surface area (Å²) in [7, 11) is 0. The van der Waals surface area contributed by atoms with E-state index in [1.165, 1.54) is 11.1 Å². The molecule has 202 valence electrons. The highest BCUT2D eigenvalue weighted by Crippen LogP contribution is 2.32. The predicted molar refractivity (Wildman–Crippen MR) is 145 cm³/mol. The van der Waals surface area contributed by atoms with Gasteiger partial charge in [0.25, 0.3) is 0 Å². The molecular weight excluding hydrogens is 468 g/mol. The molecule has 0 bridgehead atoms. The van der Waals surface area contributed by atoms with Gasteiger partial charge in [-0.1, -0.05) is 50.6 Å². The first-order chi connectivity index (χ1) is 18.0. The van der Waals surface area contributed by atoms with Crippen LogP contribution >= 0.6 is 0 Å². The van der Waals surface area contributed by atoms with Gasteiger partial charge in [-0.05, 0) is 61.3 Å². The first kappa shape index (κ1) is 27.2. The maximum atomic E-state index is 12.8. The largest absolute Gasteiger partial charge is 0.493 e. The minimum atomic E-state index is 0.103. The number of carbonyl (C=O) groups is 1. The van der Waals surface area contributed by atoms with E-state index in [-0.39, 0.29) is 17.7 Å². The summed E-state index contributed by atoms with van der Waals surface area (Å²) in [5.41, 5.74) is 2.55. The summed E-state index contributed by atoms with van der Waals surface area (Å²) in [6.45, 7) is 10.5. The zero-order chi connectivity index (χ0) is 26.0. The molecule has 0 saturated carbocycles. The number of ether oxygens (including phenoxy) is 2. The number of anilines is 1. The second-order valence-corrected chi connectivity index (χ2v) is 10.5. The lowest BCUT2D eigenvalue weighted by molar-refractivity contribution is -0.139. The number of benzene rings is 1. The van der Waals surface area contributed by atoms with Crippen molar-refractivity contribution in [3.05, 3.63) is 41.7 Å². The number of morpholine rings is 1. The highest BCUT2D eigenvalue weighted by molar-refractivity contribution is 5.80. The summed E-state index contributed by atoms with van der Waals surface area (Å²) in [5, 5.41) is 7.25. The van der Waals surface area contributed by atoms with Crippen molar-refractivity contribution >= 4 is 17.5 Å². The van der Waals surface area contributed by atoms with Gasteiger partial charge in [-0.2, -0.15) is 4.98 Å². The van der Waals surface area contributed by atoms with Gasteiger partial charge < -0.3 is 24.2 Å². The van der Waals surface area contributed by atoms with Gasteiger partial charge >= 0.3 is 6.01 Å². The molecule has 1 aromatic heterocycles. The Bertz CT molecular complexity index is 1010. The Labute approximate surface area is 220 Å². The second-order valence-electron chi connectivity index (χ2n) is 10.5. The normalized spacial score (nSPS) is 19.0. The van der Waals surface area contributed by atoms with Crippen LogP contribution in [0.4, 0.5) is 6.01 Å². The molecule has 37 heavy (non-hydrogen) atoms. The predicted octanol–water partition coefficient (Wildman–Crippen LogP) is 5.53. The number of amides is 1. The lowest BCUT2D eigenvalue weighted by Crippen LogP contribution is -2.44. The van der Waals surface area contributed by atoms with E-state index in [4.69, 9.17) is 14.0 Å². The maximum Gasteiger partial charge on any atom is 0.321 e. The molecule has 1 aliphatic carbocycles. The van der Waals surface area contributed by atoms with Crippen molar-refractivity contribution in [1.29, 1.82) is 0 Å². The van der Waals surface area contributed by atoms with E-state index in [9.17, 15) is 4.79 Å². The van der Waals surface area contributed by atoms with Gasteiger partial charge in [-0.3, -0.25) is 4.79 Å². The van der Waals surface area contributed by atoms with E-state index < -0.39 is 0 Å². The Morgan fingerprint density at radius 1 is 1.19 bits per heavy atom. The molecule has 0 spiro atoms. The Kier molecular flexibility index (Phi) is 9.99. The molecule has 2 unspecified atom stereocenters. The minimum absolute atomic E-state index is 0.103. The third kappa shape index (κ3) is 7.81. The Morgan fingerprint density at radius 2 is 1.97 bits per heavy atom. The molecule has 1 N–H and O–H groups in total. The van der Waals surface area contributed by atoms with Gasteiger partial charge in [0.15, 0.2) is 5.82 Å². The fourth-order valence-corrected chi connectivity index (χ4v) is 4.99. The first-order valence-electron chi connectivity index (χ1n) is 13.9. The molecule has 4 rings (SSSR count). The average Bonchev–Trinajstić information content (AvgIpc) is 3.42. The highest BCUT2D eigenvalue weighted by atomic mass is 16.5. The first-order valence-corrected chi connectivity index (χ1v) is 13.9. The van der Waals surface area contributed by atoms with Crippen LogP contribution in [-0.4, -0.2) is 60.4 Å². The van der Waals surface area contributed by atoms with E-state index in [0.29, 0.717) is 31.8 Å². The molecule has 2 atom stereocenters. The quantitative estimate of drug-likeness (QED) is 0.401. The number of hydrogen-bond acceptors (Lipinski definition) is 7. The Morgan fingerprint density at radius 3 is 2.62 bits per heavy atom. The summed E-state index contributed by atoms with van der Waals surface area (Å²) >= 11 is 0. The van der Waals surface area contributed by atoms with Crippen LogP contribution in [0.25, 0.3) is 5.57 Å². The van der Waals surface area contributed by atoms with Gasteiger partial charge in [-0.15, -0.1) is 0 Å². The lowest BCUT2D eigenvalue weighted by atomic mass is 9.85. The number of rotatable bonds is 12. The lowest BCUT2D eigenvalue weighted by Gasteiger charge is -2.31. The molecule has 8 heteroatoms. The van der Waals surface area contributed by atoms with E-state index >= 15 is 0 Å². The SMILES string of the molecule is CCCC(CCNc1nc(C(C)C)no1)COc1ccc(C2=CCC(C(=O)N3CCOCC3)CC2)cc1. The number of hydrogen-bond donors (Lipinski definition) is 1. The fraction of sp³-hybridized carbons (Fsp3) is 0.621. The molecule has 8 nitrogen and oxygen atoms in total. The van der Waals surface area contributed by atoms with Crippen molar-refractivity contribution in [3.8, 4) is 5.75 Å². The van der Waals surface area contributed by atoms with Gasteiger partial charge in [0.2, 0.25) is 5.91 Å². The van der Waals surface area contributed by atoms with E-state index in [0.717, 1.165) is 69.7 Å². The molecule has 1 aliphatic heterocycles. The maximum absolute atomic E-state index is 12.8. The third-order valence-electron chi connectivity index (χ3n) is 7.28. The molecule has 2 aliphatic rings. The number of allylic oxidation sites excluding steroid dienone is 2. The van der Waals surface area contributed by atoms with E-state index in [2.05, 4.69) is 52.7 Å². The molecule has 0 radical (unpaired) electrons. The Hall–Kier alpha value is -2.87. The molecule has 1 saturated heterocycles. The average molecular weight is 511 g/mol. The topological polar surface area (TPSA) is 89.7 Å². The summed E-state index contributed by atoms with van der Waals surface area (Å²) < 4.78 is 16.8. The van der Waals surface area contributed by atoms with Crippen LogP contribution in [0.1, 0.15) is 76.6 Å². The van der Waals surface area contributed by atoms with Crippen molar-refractivity contribution < 1.29 is 18.8 Å². The molecule has 1 aromatic carbocycles. The van der Waals surface area contributed by atoms with Crippen LogP contribution in [0.15, 0.2) is 34.9 Å². The summed E-state index contributed by atoms with van der Waals surface area (Å²) in [6.07, 6.45) is 8.12. The molecule has 1 fully saturated rings. The number of carbonyl (C=O) groups excluding carboxylic acids is 1. The number of nitrogens with one attached hydrogen (secondary N) is 1. The smallest absolute Gasteiger partial charge is 0.321 e. The summed E-state index contributed by atoms with van der Waals surface area (Å²) in [6, 6.07) is 8.90. The summed E-state index contributed by atoms with van der Waals surface area (Å²) in [4.78, 5) is 19.1. The van der Waals surface area contributed by atoms with E-state index in [1.807, 2.05) is 18.7 Å². The van der Waals surface area contributed by atoms with Crippen LogP contribution in [0, 0.1) is 11.8 Å². The van der Waals surface area contributed by atoms with Crippen molar-refractivity contribution in [3.63, 3.8) is 0 Å². The highest BCUT2D eigenvalue weighted by Gasteiger charge is 2.27. The van der Waals surface area contributed by atoms with Crippen LogP contribution in [-0.2, 0) is 9.53 Å². The van der Waals surface area contributed by atoms with Crippen molar-refractivity contribution in [2.24, 2.45) is 11.8 Å². The standard InChI is InChI=1S/C29H42N4O4/c1-4-5-22(14-15-30-29-31-27(21(2)3)32-37-29)20-36-26-12-10-24(11-13-26)23-6-8-25(9-7-23)28(34)33-16-18-35-19-17-33/h6,10-13,21-22,25H,4-5,7-9,14-20H2,1-3H3,(H,30,31,32). The van der Waals surface area contributed by atoms with Crippen LogP contribution in [0.2, 0.25) is 0 Å². The van der Waals surface area contributed by atoms with Gasteiger partial charge in [0.1, 0.15) is 5.75 Å². The third-order valence-corrected chi connectivity index (χ3v) is 7.28. The van der Waals surface area contributed by atoms with Crippen LogP contribution in [0.5, 0.6) is 5.75 Å². The van der Waals surface area contributed by atoms with Crippen LogP contribution < -0.4 is 10.1 Å². The minimum Gasteiger partial charge on any atom is -0.493 e. The number of nitrogens with zero attached hydrogens (tertiary/aromatic N) is 3. The van der Waals surface area contributed by atoms with Gasteiger partial charge in [0, 0.05) is 31.5 Å². The van der Waals surface area contributed by atoms with Crippen LogP contribution in [0.3, 0.4) is 0 Å². The zero-order valence-electron chi connectivity index (χ0n) is 22.6. The summed E-state index contributed by atoms with van der Waals surface area (Å²) in [5.74, 6) is 2.72. The van der Waals surface area contributed by atoms with E-state index in [1.54, 1.807) is 0 Å². The molecule has 2 heterocycles. The van der Waals surface area contributed by atoms with Crippen molar-refractivity contribution in [2.75, 3.05) is 44.8 Å². The number of aromatic nitrogens is 2. The van der Waals surface area contributed by atoms with Gasteiger partial charge in [-0.25, -0.2) is 0 Å². The zero-order valence-corrected chi connectivity index (χ0v) is 22.6. The molecular formula is C29H42N4O4. The molecule has 2 aromatic rings. The second kappa shape index (κ2) is 13.6. The van der Waals surface area contributed by atoms with Crippen molar-refractivity contribution in [1.82, 2.24) is 15.0 Å². The fourth-order valence-electron chi connectivity index (χ4n) is 4.99. The van der Waals surface area contributed by atoms with Gasteiger partial charge in [0.05, 0.1) is 19.8 Å². The Balaban J connectivity index is 1.22. The molecule has 1 amide bonds. The van der Waals surface area contributed by atoms with Crippen molar-refractivity contribution in [2.45, 2.75) is 65.2 Å².